The summed E-state index contributed by atoms with van der Waals surface area (Å²) in [6.07, 6.45) is 8.20. The number of aromatic nitrogens is 1. The molecule has 2 fully saturated rings. The predicted octanol–water partition coefficient (Wildman–Crippen LogP) is 2.54. The lowest BCUT2D eigenvalue weighted by molar-refractivity contribution is -0.0391. The summed E-state index contributed by atoms with van der Waals surface area (Å²) < 4.78 is 11.7. The van der Waals surface area contributed by atoms with E-state index in [1.807, 2.05) is 30.6 Å². The zero-order valence-corrected chi connectivity index (χ0v) is 14.2. The van der Waals surface area contributed by atoms with E-state index < -0.39 is 0 Å². The third-order valence-corrected chi connectivity index (χ3v) is 5.26. The molecule has 0 radical (unpaired) electrons. The van der Waals surface area contributed by atoms with Crippen LogP contribution in [0, 0.1) is 0 Å². The first kappa shape index (κ1) is 15.8. The van der Waals surface area contributed by atoms with Crippen LogP contribution in [0.5, 0.6) is 0 Å². The quantitative estimate of drug-likeness (QED) is 0.844. The van der Waals surface area contributed by atoms with Gasteiger partial charge in [-0.15, -0.1) is 0 Å². The average molecular weight is 327 g/mol. The molecule has 0 spiro atoms. The summed E-state index contributed by atoms with van der Waals surface area (Å²) in [7, 11) is 2.18. The summed E-state index contributed by atoms with van der Waals surface area (Å²) in [5.74, 6) is 1.01. The van der Waals surface area contributed by atoms with E-state index in [2.05, 4.69) is 27.9 Å². The molecule has 3 atom stereocenters. The molecule has 0 unspecified atom stereocenters. The molecule has 2 aromatic rings. The van der Waals surface area contributed by atoms with Crippen LogP contribution < -0.4 is 0 Å². The van der Waals surface area contributed by atoms with Crippen molar-refractivity contribution in [2.24, 2.45) is 0 Å². The van der Waals surface area contributed by atoms with Crippen LogP contribution in [0.4, 0.5) is 0 Å². The Kier molecular flexibility index (Phi) is 4.65. The third kappa shape index (κ3) is 3.24. The Labute approximate surface area is 143 Å². The van der Waals surface area contributed by atoms with Gasteiger partial charge in [-0.1, -0.05) is 6.07 Å². The number of likely N-dealkylation sites (N-methyl/N-ethyl adjacent to an activating group) is 1. The number of hydrogen-bond acceptors (Lipinski definition) is 5. The van der Waals surface area contributed by atoms with Crippen molar-refractivity contribution in [1.29, 1.82) is 0 Å². The molecule has 2 saturated heterocycles. The summed E-state index contributed by atoms with van der Waals surface area (Å²) in [4.78, 5) is 9.21. The molecule has 4 heterocycles. The molecule has 0 saturated carbocycles. The molecule has 24 heavy (non-hydrogen) atoms. The molecule has 0 aromatic carbocycles. The molecule has 0 N–H and O–H groups in total. The third-order valence-electron chi connectivity index (χ3n) is 5.26. The number of pyridine rings is 1. The van der Waals surface area contributed by atoms with Gasteiger partial charge in [-0.05, 0) is 43.7 Å². The fourth-order valence-electron chi connectivity index (χ4n) is 4.09. The Balaban J connectivity index is 1.48. The second-order valence-electron chi connectivity index (χ2n) is 6.90. The highest BCUT2D eigenvalue weighted by atomic mass is 16.5. The Bertz CT molecular complexity index is 631. The smallest absolute Gasteiger partial charge is 0.117 e. The van der Waals surface area contributed by atoms with Gasteiger partial charge in [0.25, 0.3) is 0 Å². The number of ether oxygens (including phenoxy) is 1. The van der Waals surface area contributed by atoms with Gasteiger partial charge in [-0.25, -0.2) is 0 Å². The Morgan fingerprint density at radius 3 is 3.08 bits per heavy atom. The van der Waals surface area contributed by atoms with Crippen molar-refractivity contribution in [3.05, 3.63) is 54.2 Å². The highest BCUT2D eigenvalue weighted by Crippen LogP contribution is 2.32. The summed E-state index contributed by atoms with van der Waals surface area (Å²) in [6, 6.07) is 9.07. The molecule has 0 amide bonds. The Morgan fingerprint density at radius 2 is 2.29 bits per heavy atom. The monoisotopic (exact) mass is 327 g/mol. The summed E-state index contributed by atoms with van der Waals surface area (Å²) in [5, 5.41) is 0. The van der Waals surface area contributed by atoms with E-state index in [4.69, 9.17) is 9.15 Å². The summed E-state index contributed by atoms with van der Waals surface area (Å²) in [5.41, 5.74) is 1.27. The first-order valence-electron chi connectivity index (χ1n) is 8.78. The first-order chi connectivity index (χ1) is 11.8. The number of furan rings is 1. The standard InChI is InChI=1S/C19H25N3O2/c1-21(13-16-6-3-9-23-16)18-14-22(12-15-5-2-8-20-11-15)17-7-4-10-24-19(17)18/h2-3,5-6,8-9,11,17-19H,4,7,10,12-14H2,1H3/t17-,18-,19+/m1/s1. The van der Waals surface area contributed by atoms with Crippen LogP contribution >= 0.6 is 0 Å². The van der Waals surface area contributed by atoms with Crippen molar-refractivity contribution in [3.8, 4) is 0 Å². The van der Waals surface area contributed by atoms with Crippen molar-refractivity contribution < 1.29 is 9.15 Å². The Morgan fingerprint density at radius 1 is 1.33 bits per heavy atom. The number of rotatable bonds is 5. The Hall–Kier alpha value is -1.69. The second-order valence-corrected chi connectivity index (χ2v) is 6.90. The van der Waals surface area contributed by atoms with Crippen LogP contribution in [0.25, 0.3) is 0 Å². The van der Waals surface area contributed by atoms with Gasteiger partial charge in [0.1, 0.15) is 5.76 Å². The number of nitrogens with zero attached hydrogens (tertiary/aromatic N) is 3. The zero-order chi connectivity index (χ0) is 16.4. The molecule has 2 aliphatic heterocycles. The van der Waals surface area contributed by atoms with Crippen LogP contribution in [-0.4, -0.2) is 53.2 Å². The van der Waals surface area contributed by atoms with Gasteiger partial charge < -0.3 is 9.15 Å². The van der Waals surface area contributed by atoms with Gasteiger partial charge in [-0.2, -0.15) is 0 Å². The minimum atomic E-state index is 0.287. The maximum atomic E-state index is 6.19. The van der Waals surface area contributed by atoms with E-state index in [0.29, 0.717) is 12.1 Å². The van der Waals surface area contributed by atoms with E-state index in [1.54, 1.807) is 6.26 Å². The number of fused-ring (bicyclic) bond motifs is 1. The molecule has 2 aromatic heterocycles. The lowest BCUT2D eigenvalue weighted by Gasteiger charge is -2.34. The zero-order valence-electron chi connectivity index (χ0n) is 14.2. The topological polar surface area (TPSA) is 41.7 Å². The lowest BCUT2D eigenvalue weighted by Crippen LogP contribution is -2.46. The molecular formula is C19H25N3O2. The second kappa shape index (κ2) is 7.05. The SMILES string of the molecule is CN(Cc1ccco1)[C@@H]1CN(Cc2cccnc2)[C@@H]2CCCO[C@H]12. The maximum Gasteiger partial charge on any atom is 0.117 e. The van der Waals surface area contributed by atoms with Crippen molar-refractivity contribution in [2.75, 3.05) is 20.2 Å². The van der Waals surface area contributed by atoms with Crippen molar-refractivity contribution in [1.82, 2.24) is 14.8 Å². The summed E-state index contributed by atoms with van der Waals surface area (Å²) in [6.45, 7) is 3.68. The van der Waals surface area contributed by atoms with Crippen molar-refractivity contribution in [2.45, 2.75) is 44.1 Å². The minimum Gasteiger partial charge on any atom is -0.468 e. The lowest BCUT2D eigenvalue weighted by atomic mass is 10.00. The van der Waals surface area contributed by atoms with Gasteiger partial charge in [0.15, 0.2) is 0 Å². The molecule has 0 aliphatic carbocycles. The van der Waals surface area contributed by atoms with Gasteiger partial charge in [0.05, 0.1) is 25.0 Å². The molecule has 5 heteroatoms. The molecule has 5 nitrogen and oxygen atoms in total. The van der Waals surface area contributed by atoms with E-state index in [9.17, 15) is 0 Å². The van der Waals surface area contributed by atoms with Gasteiger partial charge in [0.2, 0.25) is 0 Å². The van der Waals surface area contributed by atoms with E-state index in [0.717, 1.165) is 38.4 Å². The van der Waals surface area contributed by atoms with Crippen LogP contribution in [0.1, 0.15) is 24.2 Å². The normalized spacial score (nSPS) is 27.5. The molecule has 128 valence electrons. The van der Waals surface area contributed by atoms with Crippen molar-refractivity contribution >= 4 is 0 Å². The maximum absolute atomic E-state index is 6.19. The van der Waals surface area contributed by atoms with Crippen LogP contribution in [0.15, 0.2) is 47.3 Å². The van der Waals surface area contributed by atoms with Crippen LogP contribution in [0.3, 0.4) is 0 Å². The van der Waals surface area contributed by atoms with Crippen LogP contribution in [-0.2, 0) is 17.8 Å². The molecule has 2 aliphatic rings. The highest BCUT2D eigenvalue weighted by Gasteiger charge is 2.45. The van der Waals surface area contributed by atoms with Gasteiger partial charge in [-0.3, -0.25) is 14.8 Å². The molecule has 4 rings (SSSR count). The van der Waals surface area contributed by atoms with E-state index >= 15 is 0 Å². The minimum absolute atomic E-state index is 0.287. The molecule has 0 bridgehead atoms. The predicted molar refractivity (Wildman–Crippen MR) is 91.4 cm³/mol. The largest absolute Gasteiger partial charge is 0.468 e. The highest BCUT2D eigenvalue weighted by molar-refractivity contribution is 5.11. The fourth-order valence-corrected chi connectivity index (χ4v) is 4.09. The first-order valence-corrected chi connectivity index (χ1v) is 8.78. The van der Waals surface area contributed by atoms with Gasteiger partial charge >= 0.3 is 0 Å². The van der Waals surface area contributed by atoms with Crippen molar-refractivity contribution in [3.63, 3.8) is 0 Å². The van der Waals surface area contributed by atoms with E-state index in [1.165, 1.54) is 12.0 Å². The van der Waals surface area contributed by atoms with E-state index in [-0.39, 0.29) is 6.10 Å². The van der Waals surface area contributed by atoms with Gasteiger partial charge in [0, 0.05) is 38.1 Å². The molecular weight excluding hydrogens is 302 g/mol. The fraction of sp³-hybridized carbons (Fsp3) is 0.526. The summed E-state index contributed by atoms with van der Waals surface area (Å²) >= 11 is 0. The average Bonchev–Trinajstić information content (AvgIpc) is 3.24. The van der Waals surface area contributed by atoms with Crippen LogP contribution in [0.2, 0.25) is 0 Å². The number of hydrogen-bond donors (Lipinski definition) is 0. The number of likely N-dealkylation sites (tertiary alicyclic amines) is 1.